The van der Waals surface area contributed by atoms with Gasteiger partial charge in [-0.15, -0.1) is 0 Å². The number of non-ortho nitro benzene ring substituents is 1. The number of benzene rings is 2. The highest BCUT2D eigenvalue weighted by Gasteiger charge is 2.19. The molecule has 1 atom stereocenters. The molecule has 1 amide bonds. The molecule has 0 saturated carbocycles. The quantitative estimate of drug-likeness (QED) is 0.481. The first-order valence-corrected chi connectivity index (χ1v) is 8.14. The van der Waals surface area contributed by atoms with Crippen LogP contribution in [0.25, 0.3) is 0 Å². The molecule has 2 rings (SSSR count). The minimum absolute atomic E-state index is 0.128. The zero-order chi connectivity index (χ0) is 19.3. The number of hydrogen-bond acceptors (Lipinski definition) is 5. The van der Waals surface area contributed by atoms with Gasteiger partial charge in [-0.05, 0) is 42.7 Å². The van der Waals surface area contributed by atoms with Gasteiger partial charge in [-0.3, -0.25) is 14.9 Å². The van der Waals surface area contributed by atoms with Crippen molar-refractivity contribution >= 4 is 23.3 Å². The van der Waals surface area contributed by atoms with Gasteiger partial charge in [0.2, 0.25) is 0 Å². The first-order valence-electron chi connectivity index (χ1n) is 8.14. The summed E-state index contributed by atoms with van der Waals surface area (Å²) in [6.45, 7) is 5.61. The summed E-state index contributed by atoms with van der Waals surface area (Å²) in [6, 6.07) is 12.4. The van der Waals surface area contributed by atoms with E-state index in [2.05, 4.69) is 19.2 Å². The van der Waals surface area contributed by atoms with Gasteiger partial charge in [0.1, 0.15) is 0 Å². The smallest absolute Gasteiger partial charge is 0.338 e. The van der Waals surface area contributed by atoms with Crippen LogP contribution in [0.15, 0.2) is 48.5 Å². The molecule has 26 heavy (non-hydrogen) atoms. The second-order valence-corrected chi connectivity index (χ2v) is 6.12. The van der Waals surface area contributed by atoms with Crippen molar-refractivity contribution in [2.45, 2.75) is 32.8 Å². The number of nitrogens with one attached hydrogen (secondary N) is 1. The van der Waals surface area contributed by atoms with Gasteiger partial charge in [-0.2, -0.15) is 0 Å². The van der Waals surface area contributed by atoms with Crippen molar-refractivity contribution in [3.8, 4) is 0 Å². The van der Waals surface area contributed by atoms with Crippen LogP contribution in [0.4, 0.5) is 11.4 Å². The van der Waals surface area contributed by atoms with E-state index in [0.29, 0.717) is 11.6 Å². The molecule has 0 fully saturated rings. The van der Waals surface area contributed by atoms with Gasteiger partial charge in [-0.1, -0.05) is 26.0 Å². The van der Waals surface area contributed by atoms with Gasteiger partial charge in [0, 0.05) is 17.8 Å². The summed E-state index contributed by atoms with van der Waals surface area (Å²) >= 11 is 0. The van der Waals surface area contributed by atoms with Crippen molar-refractivity contribution < 1.29 is 19.2 Å². The molecule has 2 aromatic carbocycles. The number of nitro benzene ring substituents is 1. The van der Waals surface area contributed by atoms with Crippen LogP contribution in [-0.4, -0.2) is 22.9 Å². The predicted molar refractivity (Wildman–Crippen MR) is 97.1 cm³/mol. The van der Waals surface area contributed by atoms with Crippen LogP contribution < -0.4 is 5.32 Å². The minimum atomic E-state index is -1.01. The Morgan fingerprint density at radius 1 is 1.00 bits per heavy atom. The number of ether oxygens (including phenoxy) is 1. The average Bonchev–Trinajstić information content (AvgIpc) is 2.62. The van der Waals surface area contributed by atoms with Crippen molar-refractivity contribution in [3.63, 3.8) is 0 Å². The molecule has 2 aromatic rings. The molecule has 0 aliphatic carbocycles. The van der Waals surface area contributed by atoms with E-state index < -0.39 is 22.9 Å². The maximum atomic E-state index is 12.2. The largest absolute Gasteiger partial charge is 0.449 e. The van der Waals surface area contributed by atoms with E-state index in [9.17, 15) is 19.7 Å². The summed E-state index contributed by atoms with van der Waals surface area (Å²) in [5, 5.41) is 13.3. The van der Waals surface area contributed by atoms with Crippen molar-refractivity contribution in [3.05, 3.63) is 69.8 Å². The monoisotopic (exact) mass is 356 g/mol. The Kier molecular flexibility index (Phi) is 6.06. The lowest BCUT2D eigenvalue weighted by atomic mass is 10.0. The van der Waals surface area contributed by atoms with E-state index in [4.69, 9.17) is 4.74 Å². The van der Waals surface area contributed by atoms with Crippen LogP contribution in [-0.2, 0) is 9.53 Å². The fourth-order valence-electron chi connectivity index (χ4n) is 2.20. The Labute approximate surface area is 151 Å². The molecule has 0 aliphatic rings. The lowest BCUT2D eigenvalue weighted by Gasteiger charge is -2.14. The molecule has 0 unspecified atom stereocenters. The first kappa shape index (κ1) is 19.1. The van der Waals surface area contributed by atoms with Gasteiger partial charge in [0.15, 0.2) is 6.10 Å². The van der Waals surface area contributed by atoms with E-state index in [0.717, 1.165) is 5.56 Å². The Hall–Kier alpha value is -3.22. The minimum Gasteiger partial charge on any atom is -0.449 e. The number of rotatable bonds is 6. The summed E-state index contributed by atoms with van der Waals surface area (Å²) in [5.41, 5.74) is 1.77. The van der Waals surface area contributed by atoms with E-state index in [1.807, 2.05) is 12.1 Å². The summed E-state index contributed by atoms with van der Waals surface area (Å²) in [5.74, 6) is -0.795. The number of carbonyl (C=O) groups excluding carboxylic acids is 2. The summed E-state index contributed by atoms with van der Waals surface area (Å²) < 4.78 is 5.11. The molecule has 0 aromatic heterocycles. The standard InChI is InChI=1S/C19H20N2O5/c1-12(2)14-4-8-16(9-5-14)20-18(22)13(3)26-19(23)15-6-10-17(11-7-15)21(24)25/h4-13H,1-3H3,(H,20,22)/t13-/m0/s1. The third-order valence-electron chi connectivity index (χ3n) is 3.81. The molecule has 0 saturated heterocycles. The Balaban J connectivity index is 1.95. The van der Waals surface area contributed by atoms with Gasteiger partial charge in [0.05, 0.1) is 10.5 Å². The molecule has 0 spiro atoms. The molecular weight excluding hydrogens is 336 g/mol. The topological polar surface area (TPSA) is 98.5 Å². The van der Waals surface area contributed by atoms with E-state index in [1.54, 1.807) is 12.1 Å². The number of anilines is 1. The van der Waals surface area contributed by atoms with Crippen molar-refractivity contribution in [1.82, 2.24) is 0 Å². The number of nitro groups is 1. The number of nitrogens with zero attached hydrogens (tertiary/aromatic N) is 1. The number of carbonyl (C=O) groups is 2. The van der Waals surface area contributed by atoms with Gasteiger partial charge in [-0.25, -0.2) is 4.79 Å². The second kappa shape index (κ2) is 8.24. The van der Waals surface area contributed by atoms with Crippen LogP contribution in [0.1, 0.15) is 42.6 Å². The Morgan fingerprint density at radius 2 is 1.58 bits per heavy atom. The zero-order valence-electron chi connectivity index (χ0n) is 14.8. The van der Waals surface area contributed by atoms with Crippen LogP contribution >= 0.6 is 0 Å². The highest BCUT2D eigenvalue weighted by molar-refractivity contribution is 5.97. The van der Waals surface area contributed by atoms with E-state index in [-0.39, 0.29) is 11.3 Å². The summed E-state index contributed by atoms with van der Waals surface area (Å²) in [7, 11) is 0. The molecule has 1 N–H and O–H groups in total. The average molecular weight is 356 g/mol. The summed E-state index contributed by atoms with van der Waals surface area (Å²) in [6.07, 6.45) is -1.01. The fraction of sp³-hybridized carbons (Fsp3) is 0.263. The molecule has 7 nitrogen and oxygen atoms in total. The van der Waals surface area contributed by atoms with Crippen LogP contribution in [0, 0.1) is 10.1 Å². The highest BCUT2D eigenvalue weighted by atomic mass is 16.6. The zero-order valence-corrected chi connectivity index (χ0v) is 14.8. The van der Waals surface area contributed by atoms with E-state index >= 15 is 0 Å². The molecule has 0 heterocycles. The molecule has 0 aliphatic heterocycles. The number of amides is 1. The molecular formula is C19H20N2O5. The maximum Gasteiger partial charge on any atom is 0.338 e. The third kappa shape index (κ3) is 4.89. The summed E-state index contributed by atoms with van der Waals surface area (Å²) in [4.78, 5) is 34.3. The lowest BCUT2D eigenvalue weighted by Crippen LogP contribution is -2.30. The molecule has 0 radical (unpaired) electrons. The highest BCUT2D eigenvalue weighted by Crippen LogP contribution is 2.18. The van der Waals surface area contributed by atoms with Gasteiger partial charge >= 0.3 is 5.97 Å². The van der Waals surface area contributed by atoms with Crippen molar-refractivity contribution in [1.29, 1.82) is 0 Å². The lowest BCUT2D eigenvalue weighted by molar-refractivity contribution is -0.384. The fourth-order valence-corrected chi connectivity index (χ4v) is 2.20. The third-order valence-corrected chi connectivity index (χ3v) is 3.81. The second-order valence-electron chi connectivity index (χ2n) is 6.12. The molecule has 136 valence electrons. The first-order chi connectivity index (χ1) is 12.3. The normalized spacial score (nSPS) is 11.7. The maximum absolute atomic E-state index is 12.2. The SMILES string of the molecule is CC(C)c1ccc(NC(=O)[C@H](C)OC(=O)c2ccc([N+](=O)[O-])cc2)cc1. The predicted octanol–water partition coefficient (Wildman–Crippen LogP) is 3.90. The van der Waals surface area contributed by atoms with Crippen LogP contribution in [0.5, 0.6) is 0 Å². The van der Waals surface area contributed by atoms with Crippen LogP contribution in [0.3, 0.4) is 0 Å². The van der Waals surface area contributed by atoms with E-state index in [1.165, 1.54) is 31.2 Å². The molecule has 0 bridgehead atoms. The Morgan fingerprint density at radius 3 is 2.08 bits per heavy atom. The number of esters is 1. The van der Waals surface area contributed by atoms with Crippen LogP contribution in [0.2, 0.25) is 0 Å². The Bertz CT molecular complexity index is 798. The van der Waals surface area contributed by atoms with Crippen molar-refractivity contribution in [2.75, 3.05) is 5.32 Å². The van der Waals surface area contributed by atoms with Gasteiger partial charge < -0.3 is 10.1 Å². The number of hydrogen-bond donors (Lipinski definition) is 1. The molecule has 7 heteroatoms. The van der Waals surface area contributed by atoms with Gasteiger partial charge in [0.25, 0.3) is 11.6 Å². The van der Waals surface area contributed by atoms with Crippen molar-refractivity contribution in [2.24, 2.45) is 0 Å².